The number of allylic oxidation sites excluding steroid dienone is 2. The number of ketones is 1. The molecule has 2 aromatic carbocycles. The number of carbonyl (C=O) groups excluding carboxylic acids is 4. The lowest BCUT2D eigenvalue weighted by molar-refractivity contribution is -0.168. The molecular formula is C60H71Cl2N7O7. The Kier molecular flexibility index (Phi) is 17.6. The van der Waals surface area contributed by atoms with Crippen LogP contribution in [0.1, 0.15) is 160 Å². The van der Waals surface area contributed by atoms with Crippen LogP contribution in [0, 0.1) is 11.8 Å². The molecule has 0 spiro atoms. The van der Waals surface area contributed by atoms with E-state index in [0.29, 0.717) is 79.4 Å². The molecular weight excluding hydrogens is 1000 g/mol. The maximum absolute atomic E-state index is 12.9. The van der Waals surface area contributed by atoms with Crippen molar-refractivity contribution in [1.82, 2.24) is 34.4 Å². The van der Waals surface area contributed by atoms with Crippen LogP contribution in [0.3, 0.4) is 0 Å². The zero-order valence-corrected chi connectivity index (χ0v) is 46.8. The molecule has 0 saturated carbocycles. The van der Waals surface area contributed by atoms with Gasteiger partial charge in [0.1, 0.15) is 16.9 Å². The van der Waals surface area contributed by atoms with Gasteiger partial charge in [0.2, 0.25) is 5.91 Å². The first-order chi connectivity index (χ1) is 36.2. The van der Waals surface area contributed by atoms with Crippen molar-refractivity contribution in [1.29, 1.82) is 0 Å². The topological polar surface area (TPSA) is 149 Å². The number of imidazole rings is 1. The quantitative estimate of drug-likeness (QED) is 0.0977. The molecule has 76 heavy (non-hydrogen) atoms. The SMILES string of the molecule is CON(C)C(=O)CCC1=Cc2cc(Cl)ccc2C(C2CCN(C(=O)OC(C)(C)C)CC2)c2ncccc21.Cn1cnc(C(=O)CCC2=Cc3cc(Cl)ccc3C(C3CCN(C(=O)OC(C)(C)C)CC3)c3ncccc32)c1. The van der Waals surface area contributed by atoms with Crippen molar-refractivity contribution in [2.24, 2.45) is 18.9 Å². The lowest BCUT2D eigenvalue weighted by Crippen LogP contribution is -2.42. The van der Waals surface area contributed by atoms with E-state index in [1.807, 2.05) is 107 Å². The number of halogens is 2. The fourth-order valence-electron chi connectivity index (χ4n) is 10.9. The van der Waals surface area contributed by atoms with Crippen LogP contribution in [0.15, 0.2) is 85.6 Å². The van der Waals surface area contributed by atoms with E-state index < -0.39 is 11.2 Å². The molecule has 0 radical (unpaired) electrons. The highest BCUT2D eigenvalue weighted by molar-refractivity contribution is 6.31. The van der Waals surface area contributed by atoms with E-state index in [2.05, 4.69) is 41.4 Å². The number of nitrogens with zero attached hydrogens (tertiary/aromatic N) is 7. The van der Waals surface area contributed by atoms with Crippen LogP contribution in [0.2, 0.25) is 10.0 Å². The third-order valence-electron chi connectivity index (χ3n) is 14.6. The highest BCUT2D eigenvalue weighted by Gasteiger charge is 2.38. The molecule has 3 amide bonds. The van der Waals surface area contributed by atoms with Gasteiger partial charge in [-0.1, -0.05) is 59.6 Å². The van der Waals surface area contributed by atoms with Crippen molar-refractivity contribution in [2.45, 2.75) is 116 Å². The van der Waals surface area contributed by atoms with E-state index in [1.54, 1.807) is 24.1 Å². The number of amides is 3. The van der Waals surface area contributed by atoms with E-state index >= 15 is 0 Å². The maximum atomic E-state index is 12.9. The van der Waals surface area contributed by atoms with Crippen molar-refractivity contribution in [3.8, 4) is 0 Å². The van der Waals surface area contributed by atoms with Crippen LogP contribution < -0.4 is 0 Å². The fourth-order valence-corrected chi connectivity index (χ4v) is 11.3. The summed E-state index contributed by atoms with van der Waals surface area (Å²) < 4.78 is 13.0. The number of aromatic nitrogens is 4. The van der Waals surface area contributed by atoms with Crippen molar-refractivity contribution in [3.63, 3.8) is 0 Å². The number of rotatable bonds is 10. The molecule has 4 aliphatic rings. The number of hydrogen-bond acceptors (Lipinski definition) is 10. The zero-order chi connectivity index (χ0) is 54.5. The van der Waals surface area contributed by atoms with Crippen LogP contribution >= 0.6 is 23.2 Å². The minimum absolute atomic E-state index is 0.0172. The second-order valence-electron chi connectivity index (χ2n) is 22.2. The summed E-state index contributed by atoms with van der Waals surface area (Å²) in [5, 5.41) is 2.60. The monoisotopic (exact) mass is 1070 g/mol. The van der Waals surface area contributed by atoms with Gasteiger partial charge in [-0.3, -0.25) is 24.4 Å². The lowest BCUT2D eigenvalue weighted by Gasteiger charge is -2.37. The maximum Gasteiger partial charge on any atom is 0.410 e. The Morgan fingerprint density at radius 2 is 1.11 bits per heavy atom. The summed E-state index contributed by atoms with van der Waals surface area (Å²) in [6.07, 6.45) is 16.1. The van der Waals surface area contributed by atoms with Gasteiger partial charge in [-0.05, 0) is 173 Å². The van der Waals surface area contributed by atoms with Crippen LogP contribution in [0.4, 0.5) is 9.59 Å². The van der Waals surface area contributed by atoms with Gasteiger partial charge >= 0.3 is 12.2 Å². The molecule has 402 valence electrons. The predicted molar refractivity (Wildman–Crippen MR) is 298 cm³/mol. The van der Waals surface area contributed by atoms with E-state index in [-0.39, 0.29) is 35.7 Å². The number of likely N-dealkylation sites (tertiary alicyclic amines) is 2. The highest BCUT2D eigenvalue weighted by atomic mass is 35.5. The first kappa shape index (κ1) is 55.9. The van der Waals surface area contributed by atoms with Gasteiger partial charge in [0.15, 0.2) is 5.78 Å². The summed E-state index contributed by atoms with van der Waals surface area (Å²) in [5.41, 5.74) is 10.2. The number of piperidine rings is 2. The van der Waals surface area contributed by atoms with Gasteiger partial charge < -0.3 is 23.8 Å². The Labute approximate surface area is 457 Å². The van der Waals surface area contributed by atoms with Crippen LogP contribution in [-0.2, 0) is 26.2 Å². The second kappa shape index (κ2) is 23.9. The summed E-state index contributed by atoms with van der Waals surface area (Å²) in [5.74, 6) is 0.616. The Morgan fingerprint density at radius 1 is 0.658 bits per heavy atom. The van der Waals surface area contributed by atoms with Gasteiger partial charge in [0, 0.05) is 93.6 Å². The van der Waals surface area contributed by atoms with E-state index in [4.69, 9.17) is 47.5 Å². The average molecular weight is 1070 g/mol. The molecule has 2 unspecified atom stereocenters. The summed E-state index contributed by atoms with van der Waals surface area (Å²) in [4.78, 5) is 73.5. The predicted octanol–water partition coefficient (Wildman–Crippen LogP) is 12.9. The molecule has 2 aliphatic carbocycles. The molecule has 5 aromatic rings. The van der Waals surface area contributed by atoms with Crippen molar-refractivity contribution >= 4 is 70.4 Å². The molecule has 3 aromatic heterocycles. The minimum atomic E-state index is -0.518. The summed E-state index contributed by atoms with van der Waals surface area (Å²) in [6, 6.07) is 20.2. The smallest absolute Gasteiger partial charge is 0.410 e. The van der Waals surface area contributed by atoms with E-state index in [0.717, 1.165) is 70.5 Å². The van der Waals surface area contributed by atoms with Gasteiger partial charge in [-0.25, -0.2) is 19.6 Å². The first-order valence-corrected chi connectivity index (χ1v) is 27.1. The van der Waals surface area contributed by atoms with Gasteiger partial charge in [0.25, 0.3) is 0 Å². The second-order valence-corrected chi connectivity index (χ2v) is 23.1. The number of carbonyl (C=O) groups is 4. The minimum Gasteiger partial charge on any atom is -0.444 e. The number of pyridine rings is 2. The third-order valence-corrected chi connectivity index (χ3v) is 15.0. The Bertz CT molecular complexity index is 2990. The van der Waals surface area contributed by atoms with Crippen LogP contribution in [0.25, 0.3) is 23.3 Å². The van der Waals surface area contributed by atoms with Gasteiger partial charge in [-0.15, -0.1) is 0 Å². The van der Waals surface area contributed by atoms with Crippen LogP contribution in [0.5, 0.6) is 0 Å². The Hall–Kier alpha value is -6.35. The number of Topliss-reactive ketones (excluding diaryl/α,β-unsaturated/α-hetero) is 1. The van der Waals surface area contributed by atoms with Crippen molar-refractivity contribution < 1.29 is 33.5 Å². The standard InChI is InChI=1S/C31H35ClN4O3.C29H36ClN3O4/c1-31(2,3)39-30(38)36-14-11-20(12-15-36)28-24-9-8-23(32)17-22(24)16-21(25-6-5-13-33-29(25)28)7-10-27(37)26-18-35(4)19-34-26;1-29(2,3)37-28(35)33-15-12-19(13-16-33)26-23-10-9-22(30)18-21(23)17-20(8-11-25(34)32(4)36-5)24-7-6-14-31-27(24)26/h5-6,8-9,13,16-20,28H,7,10-12,14-15H2,1-4H3;6-7,9-10,14,17-19,26H,8,11-13,15-16H2,1-5H3. The number of ether oxygens (including phenoxy) is 2. The molecule has 5 heterocycles. The zero-order valence-electron chi connectivity index (χ0n) is 45.3. The summed E-state index contributed by atoms with van der Waals surface area (Å²) in [7, 11) is 4.96. The molecule has 2 saturated heterocycles. The molecule has 14 nitrogen and oxygen atoms in total. The Morgan fingerprint density at radius 3 is 1.51 bits per heavy atom. The van der Waals surface area contributed by atoms with Gasteiger partial charge in [-0.2, -0.15) is 0 Å². The molecule has 2 aliphatic heterocycles. The number of hydrogen-bond donors (Lipinski definition) is 0. The van der Waals surface area contributed by atoms with Crippen molar-refractivity contribution in [3.05, 3.63) is 146 Å². The van der Waals surface area contributed by atoms with Crippen LogP contribution in [-0.4, -0.2) is 110 Å². The Balaban J connectivity index is 0.000000202. The molecule has 16 heteroatoms. The average Bonchev–Trinajstić information content (AvgIpc) is 3.72. The lowest BCUT2D eigenvalue weighted by atomic mass is 9.76. The largest absolute Gasteiger partial charge is 0.444 e. The third kappa shape index (κ3) is 13.6. The fraction of sp³-hybridized carbons (Fsp3) is 0.450. The summed E-state index contributed by atoms with van der Waals surface area (Å²) >= 11 is 12.9. The molecule has 9 rings (SSSR count). The van der Waals surface area contributed by atoms with E-state index in [9.17, 15) is 19.2 Å². The summed E-state index contributed by atoms with van der Waals surface area (Å²) in [6.45, 7) is 13.9. The normalized spacial score (nSPS) is 17.7. The molecule has 2 atom stereocenters. The van der Waals surface area contributed by atoms with Gasteiger partial charge in [0.05, 0.1) is 24.8 Å². The van der Waals surface area contributed by atoms with Crippen molar-refractivity contribution in [2.75, 3.05) is 40.3 Å². The molecule has 0 bridgehead atoms. The number of benzene rings is 2. The number of aryl methyl sites for hydroxylation is 1. The number of hydroxylamine groups is 2. The highest BCUT2D eigenvalue weighted by Crippen LogP contribution is 2.47. The molecule has 0 N–H and O–H groups in total. The first-order valence-electron chi connectivity index (χ1n) is 26.3. The molecule has 2 fully saturated rings. The number of fused-ring (bicyclic) bond motifs is 4. The van der Waals surface area contributed by atoms with E-state index in [1.165, 1.54) is 23.3 Å².